The second-order valence-electron chi connectivity index (χ2n) is 6.81. The zero-order valence-electron chi connectivity index (χ0n) is 14.0. The third-order valence-corrected chi connectivity index (χ3v) is 4.93. The van der Waals surface area contributed by atoms with Crippen LogP contribution in [0.2, 0.25) is 0 Å². The van der Waals surface area contributed by atoms with Gasteiger partial charge in [0.2, 0.25) is 0 Å². The van der Waals surface area contributed by atoms with Crippen LogP contribution >= 0.6 is 0 Å². The Kier molecular flexibility index (Phi) is 4.88. The van der Waals surface area contributed by atoms with Crippen molar-refractivity contribution in [2.24, 2.45) is 11.8 Å². The highest BCUT2D eigenvalue weighted by molar-refractivity contribution is 5.85. The molecule has 1 aromatic rings. The molecule has 1 saturated heterocycles. The average molecular weight is 328 g/mol. The van der Waals surface area contributed by atoms with E-state index in [4.69, 9.17) is 4.74 Å². The number of ether oxygens (including phenoxy) is 1. The van der Waals surface area contributed by atoms with Gasteiger partial charge in [0.15, 0.2) is 0 Å². The number of hydrogen-bond donors (Lipinski definition) is 2. The lowest BCUT2D eigenvalue weighted by Crippen LogP contribution is -2.51. The Morgan fingerprint density at radius 2 is 1.83 bits per heavy atom. The Morgan fingerprint density at radius 1 is 1.17 bits per heavy atom. The first-order chi connectivity index (χ1) is 11.5. The van der Waals surface area contributed by atoms with E-state index in [2.05, 4.69) is 24.1 Å². The fraction of sp³-hybridized carbons (Fsp3) is 0.474. The minimum absolute atomic E-state index is 0.0319. The van der Waals surface area contributed by atoms with Gasteiger partial charge in [0.25, 0.3) is 0 Å². The second kappa shape index (κ2) is 7.07. The molecule has 1 aliphatic carbocycles. The van der Waals surface area contributed by atoms with Crippen LogP contribution in [-0.2, 0) is 9.53 Å². The van der Waals surface area contributed by atoms with E-state index in [1.807, 2.05) is 30.3 Å². The zero-order chi connectivity index (χ0) is 17.1. The Bertz CT molecular complexity index is 621. The van der Waals surface area contributed by atoms with Crippen LogP contribution in [0.15, 0.2) is 42.6 Å². The van der Waals surface area contributed by atoms with Crippen molar-refractivity contribution in [2.45, 2.75) is 44.8 Å². The quantitative estimate of drug-likeness (QED) is 0.837. The summed E-state index contributed by atoms with van der Waals surface area (Å²) in [7, 11) is 0. The summed E-state index contributed by atoms with van der Waals surface area (Å²) in [6, 6.07) is 8.66. The SMILES string of the molecule is C=C1NC(=O)NC(c2ccccc2)C1C(=O)OC1CCC(C)CC1. The molecule has 0 bridgehead atoms. The third-order valence-electron chi connectivity index (χ3n) is 4.93. The van der Waals surface area contributed by atoms with Gasteiger partial charge in [-0.15, -0.1) is 0 Å². The Labute approximate surface area is 142 Å². The van der Waals surface area contributed by atoms with Gasteiger partial charge in [0.1, 0.15) is 12.0 Å². The average Bonchev–Trinajstić information content (AvgIpc) is 2.57. The van der Waals surface area contributed by atoms with Gasteiger partial charge in [-0.1, -0.05) is 43.8 Å². The fourth-order valence-electron chi connectivity index (χ4n) is 3.48. The van der Waals surface area contributed by atoms with Gasteiger partial charge in [-0.3, -0.25) is 4.79 Å². The first kappa shape index (κ1) is 16.6. The molecule has 2 atom stereocenters. The zero-order valence-corrected chi connectivity index (χ0v) is 14.0. The van der Waals surface area contributed by atoms with Crippen LogP contribution in [0, 0.1) is 11.8 Å². The van der Waals surface area contributed by atoms with Gasteiger partial charge >= 0.3 is 12.0 Å². The highest BCUT2D eigenvalue weighted by atomic mass is 16.5. The molecule has 0 aromatic heterocycles. The lowest BCUT2D eigenvalue weighted by molar-refractivity contribution is -0.155. The molecule has 2 aliphatic rings. The molecule has 1 aliphatic heterocycles. The maximum atomic E-state index is 12.8. The molecule has 2 unspecified atom stereocenters. The first-order valence-electron chi connectivity index (χ1n) is 8.56. The predicted molar refractivity (Wildman–Crippen MR) is 91.0 cm³/mol. The lowest BCUT2D eigenvalue weighted by Gasteiger charge is -2.35. The molecule has 128 valence electrons. The van der Waals surface area contributed by atoms with Crippen LogP contribution < -0.4 is 10.6 Å². The van der Waals surface area contributed by atoms with Gasteiger partial charge in [-0.25, -0.2) is 4.79 Å². The molecule has 3 rings (SSSR count). The molecule has 1 heterocycles. The number of urea groups is 1. The summed E-state index contributed by atoms with van der Waals surface area (Å²) < 4.78 is 5.75. The summed E-state index contributed by atoms with van der Waals surface area (Å²) in [5, 5.41) is 5.44. The number of carbonyl (C=O) groups excluding carboxylic acids is 2. The van der Waals surface area contributed by atoms with Crippen LogP contribution in [-0.4, -0.2) is 18.1 Å². The van der Waals surface area contributed by atoms with Crippen molar-refractivity contribution in [3.63, 3.8) is 0 Å². The number of benzene rings is 1. The largest absolute Gasteiger partial charge is 0.462 e. The van der Waals surface area contributed by atoms with Gasteiger partial charge in [-0.2, -0.15) is 0 Å². The third kappa shape index (κ3) is 3.61. The molecule has 2 fully saturated rings. The number of esters is 1. The number of carbonyl (C=O) groups is 2. The van der Waals surface area contributed by atoms with Gasteiger partial charge in [0, 0.05) is 5.70 Å². The van der Waals surface area contributed by atoms with Crippen LogP contribution in [0.25, 0.3) is 0 Å². The number of rotatable bonds is 3. The van der Waals surface area contributed by atoms with E-state index in [0.29, 0.717) is 11.6 Å². The summed E-state index contributed by atoms with van der Waals surface area (Å²) >= 11 is 0. The monoisotopic (exact) mass is 328 g/mol. The highest BCUT2D eigenvalue weighted by Crippen LogP contribution is 2.32. The van der Waals surface area contributed by atoms with Crippen molar-refractivity contribution < 1.29 is 14.3 Å². The Morgan fingerprint density at radius 3 is 2.50 bits per heavy atom. The topological polar surface area (TPSA) is 67.4 Å². The fourth-order valence-corrected chi connectivity index (χ4v) is 3.48. The molecular formula is C19H24N2O3. The van der Waals surface area contributed by atoms with Gasteiger partial charge in [-0.05, 0) is 37.2 Å². The molecule has 0 radical (unpaired) electrons. The molecule has 24 heavy (non-hydrogen) atoms. The summed E-state index contributed by atoms with van der Waals surface area (Å²) in [5.74, 6) is -0.243. The minimum Gasteiger partial charge on any atom is -0.462 e. The second-order valence-corrected chi connectivity index (χ2v) is 6.81. The smallest absolute Gasteiger partial charge is 0.319 e. The van der Waals surface area contributed by atoms with Crippen molar-refractivity contribution in [3.8, 4) is 0 Å². The van der Waals surface area contributed by atoms with E-state index < -0.39 is 12.0 Å². The molecule has 5 heteroatoms. The van der Waals surface area contributed by atoms with E-state index >= 15 is 0 Å². The standard InChI is InChI=1S/C19H24N2O3/c1-12-8-10-15(11-9-12)24-18(22)16-13(2)20-19(23)21-17(16)14-6-4-3-5-7-14/h3-7,12,15-17H,2,8-11H2,1H3,(H2,20,21,23). The minimum atomic E-state index is -0.621. The maximum absolute atomic E-state index is 12.8. The van der Waals surface area contributed by atoms with Crippen molar-refractivity contribution in [3.05, 3.63) is 48.2 Å². The lowest BCUT2D eigenvalue weighted by atomic mass is 9.87. The van der Waals surface area contributed by atoms with Crippen molar-refractivity contribution in [1.29, 1.82) is 0 Å². The number of hydrogen-bond acceptors (Lipinski definition) is 3. The van der Waals surface area contributed by atoms with Crippen LogP contribution in [0.1, 0.15) is 44.2 Å². The molecule has 0 spiro atoms. The van der Waals surface area contributed by atoms with Crippen molar-refractivity contribution in [2.75, 3.05) is 0 Å². The van der Waals surface area contributed by atoms with E-state index in [1.165, 1.54) is 0 Å². The maximum Gasteiger partial charge on any atom is 0.319 e. The predicted octanol–water partition coefficient (Wildman–Crippen LogP) is 3.29. The molecule has 1 saturated carbocycles. The Hall–Kier alpha value is -2.30. The molecule has 1 aromatic carbocycles. The molecule has 2 N–H and O–H groups in total. The van der Waals surface area contributed by atoms with Crippen LogP contribution in [0.5, 0.6) is 0 Å². The molecule has 2 amide bonds. The normalized spacial score (nSPS) is 30.2. The number of nitrogens with one attached hydrogen (secondary N) is 2. The number of amides is 2. The van der Waals surface area contributed by atoms with Crippen LogP contribution in [0.3, 0.4) is 0 Å². The van der Waals surface area contributed by atoms with Gasteiger partial charge < -0.3 is 15.4 Å². The first-order valence-corrected chi connectivity index (χ1v) is 8.56. The molecule has 5 nitrogen and oxygen atoms in total. The summed E-state index contributed by atoms with van der Waals surface area (Å²) in [4.78, 5) is 24.6. The highest BCUT2D eigenvalue weighted by Gasteiger charge is 2.39. The van der Waals surface area contributed by atoms with E-state index in [9.17, 15) is 9.59 Å². The molecular weight excluding hydrogens is 304 g/mol. The summed E-state index contributed by atoms with van der Waals surface area (Å²) in [6.07, 6.45) is 3.95. The van der Waals surface area contributed by atoms with E-state index in [1.54, 1.807) is 0 Å². The summed E-state index contributed by atoms with van der Waals surface area (Å²) in [6.45, 7) is 6.10. The Balaban J connectivity index is 1.75. The summed E-state index contributed by atoms with van der Waals surface area (Å²) in [5.41, 5.74) is 1.26. The van der Waals surface area contributed by atoms with Gasteiger partial charge in [0.05, 0.1) is 6.04 Å². The van der Waals surface area contributed by atoms with E-state index in [0.717, 1.165) is 31.2 Å². The van der Waals surface area contributed by atoms with E-state index in [-0.39, 0.29) is 18.1 Å². The van der Waals surface area contributed by atoms with Crippen molar-refractivity contribution >= 4 is 12.0 Å². The van der Waals surface area contributed by atoms with Crippen molar-refractivity contribution in [1.82, 2.24) is 10.6 Å². The van der Waals surface area contributed by atoms with Crippen LogP contribution in [0.4, 0.5) is 4.79 Å².